The van der Waals surface area contributed by atoms with Gasteiger partial charge in [-0.15, -0.1) is 0 Å². The van der Waals surface area contributed by atoms with Gasteiger partial charge in [-0.3, -0.25) is 4.79 Å². The predicted octanol–water partition coefficient (Wildman–Crippen LogP) is 5.87. The van der Waals surface area contributed by atoms with Crippen LogP contribution in [0.3, 0.4) is 0 Å². The zero-order valence-electron chi connectivity index (χ0n) is 23.1. The highest BCUT2D eigenvalue weighted by Crippen LogP contribution is 2.37. The molecule has 2 aliphatic rings. The Kier molecular flexibility index (Phi) is 8.17. The van der Waals surface area contributed by atoms with Crippen LogP contribution in [-0.2, 0) is 20.4 Å². The number of carbonyl (C=O) groups is 1. The second-order valence-electron chi connectivity index (χ2n) is 11.7. The van der Waals surface area contributed by atoms with Crippen LogP contribution in [0.25, 0.3) is 0 Å². The highest BCUT2D eigenvalue weighted by atomic mass is 28.4. The van der Waals surface area contributed by atoms with Crippen LogP contribution < -0.4 is 15.3 Å². The molecule has 0 aliphatic carbocycles. The normalized spacial score (nSPS) is 19.8. The lowest BCUT2D eigenvalue weighted by Gasteiger charge is -2.43. The van der Waals surface area contributed by atoms with Gasteiger partial charge in [0.25, 0.3) is 8.32 Å². The minimum Gasteiger partial charge on any atom is -0.407 e. The van der Waals surface area contributed by atoms with Crippen molar-refractivity contribution in [2.45, 2.75) is 76.5 Å². The van der Waals surface area contributed by atoms with Crippen LogP contribution in [0.2, 0.25) is 5.04 Å². The molecule has 38 heavy (non-hydrogen) atoms. The van der Waals surface area contributed by atoms with Crippen LogP contribution in [-0.4, -0.2) is 39.6 Å². The number of anilines is 1. The number of rotatable bonds is 8. The highest BCUT2D eigenvalue weighted by Gasteiger charge is 2.50. The van der Waals surface area contributed by atoms with Gasteiger partial charge in [0.2, 0.25) is 5.91 Å². The summed E-state index contributed by atoms with van der Waals surface area (Å²) < 4.78 is 13.6. The average Bonchev–Trinajstić information content (AvgIpc) is 3.36. The average molecular weight is 528 g/mol. The van der Waals surface area contributed by atoms with Gasteiger partial charge < -0.3 is 14.1 Å². The van der Waals surface area contributed by atoms with E-state index in [1.165, 1.54) is 15.9 Å². The van der Waals surface area contributed by atoms with Crippen molar-refractivity contribution < 1.29 is 14.0 Å². The number of amides is 1. The van der Waals surface area contributed by atoms with Crippen molar-refractivity contribution in [2.75, 3.05) is 18.1 Å². The zero-order valence-corrected chi connectivity index (χ0v) is 24.1. The van der Waals surface area contributed by atoms with Crippen molar-refractivity contribution in [3.63, 3.8) is 0 Å². The fraction of sp³-hybridized carbons (Fsp3) is 0.424. The van der Waals surface area contributed by atoms with Gasteiger partial charge in [-0.1, -0.05) is 99.6 Å². The molecule has 0 radical (unpaired) electrons. The largest absolute Gasteiger partial charge is 0.407 e. The molecule has 0 bridgehead atoms. The summed E-state index contributed by atoms with van der Waals surface area (Å²) >= 11 is 0. The summed E-state index contributed by atoms with van der Waals surface area (Å²) in [7, 11) is -2.54. The molecule has 1 saturated heterocycles. The third-order valence-electron chi connectivity index (χ3n) is 8.20. The maximum Gasteiger partial charge on any atom is 0.261 e. The quantitative estimate of drug-likeness (QED) is 0.344. The molecule has 0 unspecified atom stereocenters. The molecule has 5 rings (SSSR count). The zero-order chi connectivity index (χ0) is 26.6. The van der Waals surface area contributed by atoms with Crippen molar-refractivity contribution in [1.29, 1.82) is 0 Å². The Balaban J connectivity index is 1.25. The lowest BCUT2D eigenvalue weighted by Crippen LogP contribution is -2.66. The number of hydrogen-bond acceptors (Lipinski definition) is 3. The maximum atomic E-state index is 13.2. The molecule has 3 aromatic carbocycles. The summed E-state index contributed by atoms with van der Waals surface area (Å²) in [5, 5.41) is 2.57. The SMILES string of the molecule is CC(C)(C)[Si](OCC[C@H]1CCC[C@@H](CC(=O)N2CCc3ccccc32)O1)(c1ccccc1)c1ccccc1. The first-order chi connectivity index (χ1) is 18.4. The molecular formula is C33H41NO3Si. The van der Waals surface area contributed by atoms with Gasteiger partial charge in [0, 0.05) is 18.8 Å². The summed E-state index contributed by atoms with van der Waals surface area (Å²) in [4.78, 5) is 15.1. The maximum absolute atomic E-state index is 13.2. The Labute approximate surface area is 229 Å². The van der Waals surface area contributed by atoms with E-state index in [1.807, 2.05) is 11.0 Å². The van der Waals surface area contributed by atoms with E-state index in [9.17, 15) is 4.79 Å². The number of benzene rings is 3. The van der Waals surface area contributed by atoms with E-state index in [4.69, 9.17) is 9.16 Å². The number of fused-ring (bicyclic) bond motifs is 1. The van der Waals surface area contributed by atoms with Crippen molar-refractivity contribution in [2.24, 2.45) is 0 Å². The summed E-state index contributed by atoms with van der Waals surface area (Å²) in [6.45, 7) is 8.37. The smallest absolute Gasteiger partial charge is 0.261 e. The van der Waals surface area contributed by atoms with Crippen LogP contribution in [0.4, 0.5) is 5.69 Å². The fourth-order valence-electron chi connectivity index (χ4n) is 6.35. The molecule has 4 nitrogen and oxygen atoms in total. The Morgan fingerprint density at radius 3 is 2.16 bits per heavy atom. The van der Waals surface area contributed by atoms with Gasteiger partial charge in [0.05, 0.1) is 18.6 Å². The minimum absolute atomic E-state index is 0.0122. The van der Waals surface area contributed by atoms with E-state index in [-0.39, 0.29) is 23.2 Å². The number of hydrogen-bond donors (Lipinski definition) is 0. The molecule has 200 valence electrons. The Morgan fingerprint density at radius 1 is 0.895 bits per heavy atom. The third kappa shape index (κ3) is 5.51. The Bertz CT molecular complexity index is 1170. The molecule has 5 heteroatoms. The molecule has 2 heterocycles. The molecule has 1 amide bonds. The molecule has 0 spiro atoms. The number of nitrogens with zero attached hydrogens (tertiary/aromatic N) is 1. The van der Waals surface area contributed by atoms with Gasteiger partial charge in [-0.25, -0.2) is 0 Å². The molecule has 1 fully saturated rings. The molecule has 2 aliphatic heterocycles. The minimum atomic E-state index is -2.54. The van der Waals surface area contributed by atoms with E-state index >= 15 is 0 Å². The van der Waals surface area contributed by atoms with Crippen molar-refractivity contribution >= 4 is 30.3 Å². The first-order valence-electron chi connectivity index (χ1n) is 14.2. The fourth-order valence-corrected chi connectivity index (χ4v) is 10.9. The van der Waals surface area contributed by atoms with E-state index < -0.39 is 8.32 Å². The Morgan fingerprint density at radius 2 is 1.50 bits per heavy atom. The summed E-state index contributed by atoms with van der Waals surface area (Å²) in [6.07, 6.45) is 5.44. The summed E-state index contributed by atoms with van der Waals surface area (Å²) in [5.41, 5.74) is 2.34. The van der Waals surface area contributed by atoms with Gasteiger partial charge in [-0.05, 0) is 59.1 Å². The topological polar surface area (TPSA) is 38.8 Å². The molecule has 3 aromatic rings. The van der Waals surface area contributed by atoms with Crippen molar-refractivity contribution in [3.05, 3.63) is 90.5 Å². The molecule has 0 saturated carbocycles. The van der Waals surface area contributed by atoms with Crippen LogP contribution in [0.1, 0.15) is 58.4 Å². The molecule has 0 aromatic heterocycles. The standard InChI is InChI=1S/C33H41NO3Si/c1-33(2,3)38(29-16-6-4-7-17-29,30-18-8-5-9-19-30)36-24-22-27-14-12-15-28(37-27)25-32(35)34-23-21-26-13-10-11-20-31(26)34/h4-11,13,16-20,27-28H,12,14-15,21-25H2,1-3H3/t27-,28+/m1/s1. The van der Waals surface area contributed by atoms with E-state index in [1.54, 1.807) is 0 Å². The van der Waals surface area contributed by atoms with Gasteiger partial charge in [-0.2, -0.15) is 0 Å². The number of ether oxygens (including phenoxy) is 1. The van der Waals surface area contributed by atoms with Gasteiger partial charge in [0.15, 0.2) is 0 Å². The van der Waals surface area contributed by atoms with E-state index in [0.717, 1.165) is 44.3 Å². The van der Waals surface area contributed by atoms with Gasteiger partial charge >= 0.3 is 0 Å². The first kappa shape index (κ1) is 26.9. The van der Waals surface area contributed by atoms with E-state index in [2.05, 4.69) is 99.6 Å². The van der Waals surface area contributed by atoms with Crippen LogP contribution in [0, 0.1) is 0 Å². The first-order valence-corrected chi connectivity index (χ1v) is 16.1. The summed E-state index contributed by atoms with van der Waals surface area (Å²) in [6, 6.07) is 29.9. The lowest BCUT2D eigenvalue weighted by atomic mass is 10.00. The van der Waals surface area contributed by atoms with Crippen LogP contribution in [0.15, 0.2) is 84.9 Å². The Hall–Kier alpha value is -2.73. The molecular weight excluding hydrogens is 486 g/mol. The second kappa shape index (κ2) is 11.6. The van der Waals surface area contributed by atoms with Crippen LogP contribution >= 0.6 is 0 Å². The monoisotopic (exact) mass is 527 g/mol. The van der Waals surface area contributed by atoms with E-state index in [0.29, 0.717) is 13.0 Å². The van der Waals surface area contributed by atoms with Crippen molar-refractivity contribution in [1.82, 2.24) is 0 Å². The van der Waals surface area contributed by atoms with Gasteiger partial charge in [0.1, 0.15) is 0 Å². The lowest BCUT2D eigenvalue weighted by molar-refractivity contribution is -0.125. The van der Waals surface area contributed by atoms with Crippen LogP contribution in [0.5, 0.6) is 0 Å². The third-order valence-corrected chi connectivity index (χ3v) is 13.2. The predicted molar refractivity (Wildman–Crippen MR) is 158 cm³/mol. The summed E-state index contributed by atoms with van der Waals surface area (Å²) in [5.74, 6) is 0.184. The van der Waals surface area contributed by atoms with Crippen molar-refractivity contribution in [3.8, 4) is 0 Å². The highest BCUT2D eigenvalue weighted by molar-refractivity contribution is 6.99. The molecule has 0 N–H and O–H groups in total. The molecule has 2 atom stereocenters. The number of carbonyl (C=O) groups excluding carboxylic acids is 1. The number of para-hydroxylation sites is 1. The second-order valence-corrected chi connectivity index (χ2v) is 16.0.